The van der Waals surface area contributed by atoms with Crippen LogP contribution in [0.15, 0.2) is 29.8 Å². The number of hydrogen-bond donors (Lipinski definition) is 0. The Morgan fingerprint density at radius 1 is 1.00 bits per heavy atom. The second-order valence-electron chi connectivity index (χ2n) is 4.83. The molecule has 4 heteroatoms. The molecule has 0 radical (unpaired) electrons. The van der Waals surface area contributed by atoms with Gasteiger partial charge in [-0.3, -0.25) is 0 Å². The molecule has 1 aromatic carbocycles. The monoisotopic (exact) mass is 290 g/mol. The first-order valence-electron chi connectivity index (χ1n) is 7.18. The molecule has 0 atom stereocenters. The molecule has 0 unspecified atom stereocenters. The van der Waals surface area contributed by atoms with Gasteiger partial charge in [-0.2, -0.15) is 0 Å². The molecule has 21 heavy (non-hydrogen) atoms. The molecule has 1 aliphatic rings. The van der Waals surface area contributed by atoms with Crippen molar-refractivity contribution in [2.45, 2.75) is 46.8 Å². The summed E-state index contributed by atoms with van der Waals surface area (Å²) in [6.07, 6.45) is 2.43. The van der Waals surface area contributed by atoms with Gasteiger partial charge in [-0.1, -0.05) is 45.0 Å². The first kappa shape index (κ1) is 17.0. The molecule has 4 nitrogen and oxygen atoms in total. The van der Waals surface area contributed by atoms with Gasteiger partial charge in [-0.25, -0.2) is 9.59 Å². The van der Waals surface area contributed by atoms with E-state index in [1.807, 2.05) is 38.1 Å². The van der Waals surface area contributed by atoms with Crippen molar-refractivity contribution in [3.05, 3.63) is 41.0 Å². The number of hydrogen-bond acceptors (Lipinski definition) is 4. The summed E-state index contributed by atoms with van der Waals surface area (Å²) in [5.74, 6) is -2.50. The SMILES string of the molecule is CC.CCc1ccc(C=C2C(=O)OC(C)(C)OC2=O)cc1. The second-order valence-corrected chi connectivity index (χ2v) is 4.83. The van der Waals surface area contributed by atoms with Crippen LogP contribution in [0.3, 0.4) is 0 Å². The van der Waals surface area contributed by atoms with Crippen LogP contribution in [-0.4, -0.2) is 17.7 Å². The number of cyclic esters (lactones) is 2. The Bertz CT molecular complexity index is 516. The van der Waals surface area contributed by atoms with E-state index in [0.717, 1.165) is 12.0 Å². The molecule has 0 N–H and O–H groups in total. The van der Waals surface area contributed by atoms with Gasteiger partial charge in [-0.15, -0.1) is 0 Å². The third kappa shape index (κ3) is 4.45. The average molecular weight is 290 g/mol. The van der Waals surface area contributed by atoms with Crippen LogP contribution in [0.1, 0.15) is 45.7 Å². The highest BCUT2D eigenvalue weighted by molar-refractivity contribution is 6.18. The van der Waals surface area contributed by atoms with Gasteiger partial charge >= 0.3 is 11.9 Å². The van der Waals surface area contributed by atoms with E-state index in [9.17, 15) is 9.59 Å². The Morgan fingerprint density at radius 2 is 1.48 bits per heavy atom. The van der Waals surface area contributed by atoms with Gasteiger partial charge in [0.05, 0.1) is 0 Å². The minimum Gasteiger partial charge on any atom is -0.419 e. The fourth-order valence-electron chi connectivity index (χ4n) is 1.79. The van der Waals surface area contributed by atoms with Gasteiger partial charge in [0.2, 0.25) is 0 Å². The van der Waals surface area contributed by atoms with Crippen LogP contribution in [-0.2, 0) is 25.5 Å². The van der Waals surface area contributed by atoms with Gasteiger partial charge in [-0.05, 0) is 23.6 Å². The molecule has 0 bridgehead atoms. The quantitative estimate of drug-likeness (QED) is 0.475. The Labute approximate surface area is 125 Å². The van der Waals surface area contributed by atoms with Gasteiger partial charge in [0.25, 0.3) is 5.79 Å². The lowest BCUT2D eigenvalue weighted by Gasteiger charge is -2.29. The molecular formula is C17H22O4. The van der Waals surface area contributed by atoms with Crippen LogP contribution >= 0.6 is 0 Å². The summed E-state index contributed by atoms with van der Waals surface area (Å²) in [6.45, 7) is 9.11. The van der Waals surface area contributed by atoms with Crippen LogP contribution in [0.5, 0.6) is 0 Å². The zero-order valence-electron chi connectivity index (χ0n) is 13.2. The third-order valence-corrected chi connectivity index (χ3v) is 2.82. The summed E-state index contributed by atoms with van der Waals surface area (Å²) >= 11 is 0. The summed E-state index contributed by atoms with van der Waals surface area (Å²) in [6, 6.07) is 7.62. The van der Waals surface area contributed by atoms with Crippen molar-refractivity contribution < 1.29 is 19.1 Å². The molecule has 0 amide bonds. The maximum Gasteiger partial charge on any atom is 0.348 e. The van der Waals surface area contributed by atoms with Gasteiger partial charge in [0.15, 0.2) is 0 Å². The third-order valence-electron chi connectivity index (χ3n) is 2.82. The van der Waals surface area contributed by atoms with E-state index < -0.39 is 17.7 Å². The topological polar surface area (TPSA) is 52.6 Å². The molecular weight excluding hydrogens is 268 g/mol. The molecule has 0 saturated carbocycles. The largest absolute Gasteiger partial charge is 0.419 e. The Kier molecular flexibility index (Phi) is 5.70. The molecule has 2 rings (SSSR count). The van der Waals surface area contributed by atoms with Gasteiger partial charge in [0, 0.05) is 13.8 Å². The van der Waals surface area contributed by atoms with Crippen molar-refractivity contribution in [3.63, 3.8) is 0 Å². The summed E-state index contributed by atoms with van der Waals surface area (Å²) in [4.78, 5) is 23.5. The van der Waals surface area contributed by atoms with Crippen molar-refractivity contribution >= 4 is 18.0 Å². The molecule has 1 heterocycles. The fraction of sp³-hybridized carbons (Fsp3) is 0.412. The number of carbonyl (C=O) groups is 2. The number of benzene rings is 1. The van der Waals surface area contributed by atoms with E-state index >= 15 is 0 Å². The molecule has 0 spiro atoms. The number of aryl methyl sites for hydroxylation is 1. The standard InChI is InChI=1S/C15H16O4.C2H6/c1-4-10-5-7-11(8-6-10)9-12-13(16)18-15(2,3)19-14(12)17;1-2/h5-9H,4H2,1-3H3;1-2H3. The van der Waals surface area contributed by atoms with Crippen molar-refractivity contribution in [2.75, 3.05) is 0 Å². The Morgan fingerprint density at radius 3 is 1.90 bits per heavy atom. The Balaban J connectivity index is 0.00000106. The average Bonchev–Trinajstić information content (AvgIpc) is 2.45. The number of esters is 2. The van der Waals surface area contributed by atoms with Crippen LogP contribution in [0.4, 0.5) is 0 Å². The molecule has 114 valence electrons. The lowest BCUT2D eigenvalue weighted by molar-refractivity contribution is -0.222. The summed E-state index contributed by atoms with van der Waals surface area (Å²) in [7, 11) is 0. The van der Waals surface area contributed by atoms with Crippen molar-refractivity contribution in [1.82, 2.24) is 0 Å². The maximum atomic E-state index is 11.8. The van der Waals surface area contributed by atoms with E-state index in [1.54, 1.807) is 0 Å². The number of carbonyl (C=O) groups excluding carboxylic acids is 2. The van der Waals surface area contributed by atoms with Crippen LogP contribution < -0.4 is 0 Å². The minimum atomic E-state index is -1.20. The van der Waals surface area contributed by atoms with E-state index in [-0.39, 0.29) is 5.57 Å². The molecule has 1 saturated heterocycles. The van der Waals surface area contributed by atoms with Crippen molar-refractivity contribution in [2.24, 2.45) is 0 Å². The highest BCUT2D eigenvalue weighted by Gasteiger charge is 2.38. The highest BCUT2D eigenvalue weighted by atomic mass is 16.7. The van der Waals surface area contributed by atoms with E-state index in [2.05, 4.69) is 6.92 Å². The number of ether oxygens (including phenoxy) is 2. The van der Waals surface area contributed by atoms with E-state index in [0.29, 0.717) is 0 Å². The smallest absolute Gasteiger partial charge is 0.348 e. The van der Waals surface area contributed by atoms with Crippen molar-refractivity contribution in [1.29, 1.82) is 0 Å². The molecule has 1 aromatic rings. The van der Waals surface area contributed by atoms with Crippen LogP contribution in [0.2, 0.25) is 0 Å². The summed E-state index contributed by atoms with van der Waals surface area (Å²) in [5, 5.41) is 0. The summed E-state index contributed by atoms with van der Waals surface area (Å²) < 4.78 is 10.0. The Hall–Kier alpha value is -2.10. The zero-order valence-corrected chi connectivity index (χ0v) is 13.2. The molecule has 0 aliphatic carbocycles. The summed E-state index contributed by atoms with van der Waals surface area (Å²) in [5.41, 5.74) is 1.88. The maximum absolute atomic E-state index is 11.8. The number of rotatable bonds is 2. The van der Waals surface area contributed by atoms with Crippen LogP contribution in [0, 0.1) is 0 Å². The predicted molar refractivity (Wildman–Crippen MR) is 81.4 cm³/mol. The second kappa shape index (κ2) is 7.07. The molecule has 1 aliphatic heterocycles. The predicted octanol–water partition coefficient (Wildman–Crippen LogP) is 3.49. The molecule has 0 aromatic heterocycles. The van der Waals surface area contributed by atoms with Crippen LogP contribution in [0.25, 0.3) is 6.08 Å². The molecule has 1 fully saturated rings. The van der Waals surface area contributed by atoms with E-state index in [1.165, 1.54) is 25.5 Å². The first-order valence-corrected chi connectivity index (χ1v) is 7.18. The van der Waals surface area contributed by atoms with Gasteiger partial charge < -0.3 is 9.47 Å². The lowest BCUT2D eigenvalue weighted by Crippen LogP contribution is -2.41. The van der Waals surface area contributed by atoms with E-state index in [4.69, 9.17) is 9.47 Å². The van der Waals surface area contributed by atoms with Crippen molar-refractivity contribution in [3.8, 4) is 0 Å². The van der Waals surface area contributed by atoms with Gasteiger partial charge in [0.1, 0.15) is 5.57 Å². The highest BCUT2D eigenvalue weighted by Crippen LogP contribution is 2.24. The lowest BCUT2D eigenvalue weighted by atomic mass is 10.1. The first-order chi connectivity index (χ1) is 9.91. The zero-order chi connectivity index (χ0) is 16.0. The fourth-order valence-corrected chi connectivity index (χ4v) is 1.79. The normalized spacial score (nSPS) is 16.3. The minimum absolute atomic E-state index is 0.0800.